The number of methoxy groups -OCH3 is 1. The van der Waals surface area contributed by atoms with Gasteiger partial charge < -0.3 is 23.8 Å². The Morgan fingerprint density at radius 2 is 2.03 bits per heavy atom. The van der Waals surface area contributed by atoms with Crippen molar-refractivity contribution in [3.8, 4) is 22.9 Å². The van der Waals surface area contributed by atoms with Crippen LogP contribution in [0.3, 0.4) is 0 Å². The Labute approximate surface area is 193 Å². The molecule has 0 atom stereocenters. The molecule has 0 fully saturated rings. The van der Waals surface area contributed by atoms with Crippen molar-refractivity contribution in [3.05, 3.63) is 53.4 Å². The number of thioether (sulfide) groups is 1. The topological polar surface area (TPSA) is 129 Å². The average molecular weight is 468 g/mol. The van der Waals surface area contributed by atoms with E-state index in [0.717, 1.165) is 11.1 Å². The molecule has 3 aromatic rings. The highest BCUT2D eigenvalue weighted by Gasteiger charge is 2.22. The number of rotatable bonds is 5. The Morgan fingerprint density at radius 1 is 1.24 bits per heavy atom. The van der Waals surface area contributed by atoms with E-state index in [1.165, 1.54) is 18.9 Å². The van der Waals surface area contributed by atoms with Crippen LogP contribution in [0.4, 0.5) is 10.5 Å². The van der Waals surface area contributed by atoms with E-state index in [1.54, 1.807) is 31.4 Å². The maximum Gasteiger partial charge on any atom is 0.432 e. The molecule has 33 heavy (non-hydrogen) atoms. The minimum Gasteiger partial charge on any atom is -0.493 e. The molecule has 0 spiro atoms. The summed E-state index contributed by atoms with van der Waals surface area (Å²) in [5, 5.41) is 13.4. The number of nitrogens with zero attached hydrogens (tertiary/aromatic N) is 4. The fourth-order valence-corrected chi connectivity index (χ4v) is 3.75. The first-order valence-electron chi connectivity index (χ1n) is 9.75. The molecule has 0 saturated heterocycles. The molecule has 11 heteroatoms. The van der Waals surface area contributed by atoms with Crippen molar-refractivity contribution in [1.82, 2.24) is 10.1 Å². The van der Waals surface area contributed by atoms with Crippen molar-refractivity contribution in [1.29, 1.82) is 0 Å². The molecule has 2 heterocycles. The van der Waals surface area contributed by atoms with Gasteiger partial charge in [0.15, 0.2) is 18.3 Å². The highest BCUT2D eigenvalue weighted by Crippen LogP contribution is 2.36. The summed E-state index contributed by atoms with van der Waals surface area (Å²) in [7, 11) is 1.54. The molecule has 170 valence electrons. The number of aromatic nitrogens is 2. The summed E-state index contributed by atoms with van der Waals surface area (Å²) in [6.45, 7) is 2.18. The molecule has 1 aromatic heterocycles. The molecule has 0 bridgehead atoms. The van der Waals surface area contributed by atoms with E-state index in [0.29, 0.717) is 46.8 Å². The van der Waals surface area contributed by atoms with Crippen LogP contribution >= 0.6 is 11.8 Å². The summed E-state index contributed by atoms with van der Waals surface area (Å²) in [5.74, 6) is 2.03. The summed E-state index contributed by atoms with van der Waals surface area (Å²) in [6.07, 6.45) is 0.423. The molecule has 0 unspecified atom stereocenters. The number of aryl methyl sites for hydroxylation is 1. The first kappa shape index (κ1) is 22.5. The van der Waals surface area contributed by atoms with Gasteiger partial charge in [-0.05, 0) is 42.7 Å². The number of benzene rings is 2. The molecule has 1 aliphatic rings. The van der Waals surface area contributed by atoms with Crippen molar-refractivity contribution in [2.24, 2.45) is 9.98 Å². The molecular formula is C22H20N4O6S. The third-order valence-corrected chi connectivity index (χ3v) is 5.33. The third kappa shape index (κ3) is 5.04. The highest BCUT2D eigenvalue weighted by molar-refractivity contribution is 8.15. The number of ether oxygens (including phenoxy) is 3. The fourth-order valence-electron chi connectivity index (χ4n) is 3.22. The van der Waals surface area contributed by atoms with Gasteiger partial charge in [0.25, 0.3) is 0 Å². The van der Waals surface area contributed by atoms with Gasteiger partial charge >= 0.3 is 6.09 Å². The summed E-state index contributed by atoms with van der Waals surface area (Å²) >= 11 is 1.18. The van der Waals surface area contributed by atoms with Gasteiger partial charge in [0.2, 0.25) is 11.7 Å². The van der Waals surface area contributed by atoms with Crippen LogP contribution in [-0.2, 0) is 11.3 Å². The van der Waals surface area contributed by atoms with Gasteiger partial charge in [0.05, 0.1) is 19.4 Å². The number of hydrogen-bond donors (Lipinski definition) is 1. The van der Waals surface area contributed by atoms with E-state index in [1.807, 2.05) is 18.2 Å². The quantitative estimate of drug-likeness (QED) is 0.425. The monoisotopic (exact) mass is 468 g/mol. The lowest BCUT2D eigenvalue weighted by Crippen LogP contribution is -2.17. The Kier molecular flexibility index (Phi) is 6.71. The Bertz CT molecular complexity index is 1220. The van der Waals surface area contributed by atoms with Gasteiger partial charge in [-0.2, -0.15) is 9.98 Å². The van der Waals surface area contributed by atoms with Crippen LogP contribution in [0.15, 0.2) is 50.9 Å². The molecule has 0 radical (unpaired) electrons. The maximum atomic E-state index is 11.4. The molecule has 1 N–H and O–H groups in total. The van der Waals surface area contributed by atoms with Crippen molar-refractivity contribution < 1.29 is 28.6 Å². The SMILES string of the molecule is COc1cc(C(=Nc2ccc(-c3noc(C)n3)cc2)C(=NC(=O)O)SC)cc2c1OCOC2. The molecule has 4 rings (SSSR count). The molecule has 0 aliphatic carbocycles. The Hall–Kier alpha value is -3.70. The van der Waals surface area contributed by atoms with Crippen molar-refractivity contribution >= 4 is 34.3 Å². The average Bonchev–Trinajstić information content (AvgIpc) is 3.27. The van der Waals surface area contributed by atoms with Crippen LogP contribution in [0.2, 0.25) is 0 Å². The highest BCUT2D eigenvalue weighted by atomic mass is 32.2. The van der Waals surface area contributed by atoms with Gasteiger partial charge in [-0.1, -0.05) is 5.16 Å². The number of carboxylic acid groups (broad SMARTS) is 1. The van der Waals surface area contributed by atoms with E-state index in [-0.39, 0.29) is 11.8 Å². The standard InChI is InChI=1S/C22H20N4O6S/c1-12-23-20(26-32-12)13-4-6-16(7-5-13)24-18(21(33-3)25-22(27)28)14-8-15-10-30-11-31-19(15)17(9-14)29-2/h4-9H,10-11H2,1-3H3,(H,27,28). The van der Waals surface area contributed by atoms with Crippen LogP contribution < -0.4 is 9.47 Å². The molecule has 2 aromatic carbocycles. The minimum atomic E-state index is -1.31. The lowest BCUT2D eigenvalue weighted by Gasteiger charge is -2.21. The molecule has 0 saturated carbocycles. The van der Waals surface area contributed by atoms with Crippen LogP contribution in [-0.4, -0.2) is 52.3 Å². The zero-order valence-corrected chi connectivity index (χ0v) is 18.9. The molecule has 10 nitrogen and oxygen atoms in total. The van der Waals surface area contributed by atoms with Crippen LogP contribution in [0.5, 0.6) is 11.5 Å². The summed E-state index contributed by atoms with van der Waals surface area (Å²) in [4.78, 5) is 24.0. The number of carbonyl (C=O) groups is 1. The zero-order chi connectivity index (χ0) is 23.4. The van der Waals surface area contributed by atoms with Crippen molar-refractivity contribution in [2.75, 3.05) is 20.2 Å². The molecule has 1 amide bonds. The smallest absolute Gasteiger partial charge is 0.432 e. The van der Waals surface area contributed by atoms with Gasteiger partial charge in [-0.25, -0.2) is 9.79 Å². The number of aliphatic imine (C=N–C) groups is 2. The fraction of sp³-hybridized carbons (Fsp3) is 0.227. The van der Waals surface area contributed by atoms with Gasteiger partial charge in [0, 0.05) is 23.6 Å². The second-order valence-corrected chi connectivity index (χ2v) is 7.62. The molecular weight excluding hydrogens is 448 g/mol. The summed E-state index contributed by atoms with van der Waals surface area (Å²) in [6, 6.07) is 10.8. The third-order valence-electron chi connectivity index (χ3n) is 4.66. The van der Waals surface area contributed by atoms with E-state index < -0.39 is 6.09 Å². The van der Waals surface area contributed by atoms with Crippen LogP contribution in [0, 0.1) is 6.92 Å². The predicted octanol–water partition coefficient (Wildman–Crippen LogP) is 4.48. The summed E-state index contributed by atoms with van der Waals surface area (Å²) in [5.41, 5.74) is 3.11. The zero-order valence-electron chi connectivity index (χ0n) is 18.1. The largest absolute Gasteiger partial charge is 0.493 e. The van der Waals surface area contributed by atoms with Crippen LogP contribution in [0.1, 0.15) is 17.0 Å². The second kappa shape index (κ2) is 9.84. The lowest BCUT2D eigenvalue weighted by atomic mass is 10.0. The number of amides is 1. The lowest BCUT2D eigenvalue weighted by molar-refractivity contribution is -0.0180. The maximum absolute atomic E-state index is 11.4. The first-order valence-corrected chi connectivity index (χ1v) is 11.0. The number of fused-ring (bicyclic) bond motifs is 1. The van der Waals surface area contributed by atoms with Crippen LogP contribution in [0.25, 0.3) is 11.4 Å². The normalized spacial score (nSPS) is 13.9. The van der Waals surface area contributed by atoms with E-state index in [4.69, 9.17) is 23.7 Å². The van der Waals surface area contributed by atoms with Crippen molar-refractivity contribution in [2.45, 2.75) is 13.5 Å². The molecule has 1 aliphatic heterocycles. The Morgan fingerprint density at radius 3 is 2.67 bits per heavy atom. The van der Waals surface area contributed by atoms with Gasteiger partial charge in [-0.3, -0.25) is 0 Å². The number of hydrogen-bond acceptors (Lipinski definition) is 9. The minimum absolute atomic E-state index is 0.131. The second-order valence-electron chi connectivity index (χ2n) is 6.83. The van der Waals surface area contributed by atoms with E-state index in [9.17, 15) is 9.90 Å². The predicted molar refractivity (Wildman–Crippen MR) is 123 cm³/mol. The Balaban J connectivity index is 1.81. The van der Waals surface area contributed by atoms with Crippen molar-refractivity contribution in [3.63, 3.8) is 0 Å². The van der Waals surface area contributed by atoms with E-state index in [2.05, 4.69) is 15.1 Å². The first-order chi connectivity index (χ1) is 16.0. The summed E-state index contributed by atoms with van der Waals surface area (Å²) < 4.78 is 21.5. The van der Waals surface area contributed by atoms with E-state index >= 15 is 0 Å². The van der Waals surface area contributed by atoms with Gasteiger partial charge in [-0.15, -0.1) is 11.8 Å². The van der Waals surface area contributed by atoms with Gasteiger partial charge in [0.1, 0.15) is 10.8 Å².